The van der Waals surface area contributed by atoms with Crippen LogP contribution in [0.3, 0.4) is 0 Å². The van der Waals surface area contributed by atoms with Crippen LogP contribution in [-0.4, -0.2) is 34.5 Å². The number of carbonyl (C=O) groups is 1. The summed E-state index contributed by atoms with van der Waals surface area (Å²) in [6.45, 7) is 3.14. The molecule has 2 heterocycles. The Bertz CT molecular complexity index is 997. The summed E-state index contributed by atoms with van der Waals surface area (Å²) < 4.78 is 7.55. The second-order valence-corrected chi connectivity index (χ2v) is 6.25. The van der Waals surface area contributed by atoms with Gasteiger partial charge < -0.3 is 9.64 Å². The molecule has 0 saturated carbocycles. The van der Waals surface area contributed by atoms with Crippen LogP contribution >= 0.6 is 0 Å². The average molecular weight is 341 g/mol. The monoisotopic (exact) mass is 341 g/mol. The first-order valence-corrected chi connectivity index (χ1v) is 8.25. The predicted octanol–water partition coefficient (Wildman–Crippen LogP) is 1.95. The second-order valence-electron chi connectivity index (χ2n) is 6.25. The van der Waals surface area contributed by atoms with Crippen LogP contribution in [0.4, 0.5) is 4.79 Å². The fourth-order valence-electron chi connectivity index (χ4n) is 3.29. The highest BCUT2D eigenvalue weighted by Crippen LogP contribution is 2.27. The Morgan fingerprint density at radius 2 is 1.64 bits per heavy atom. The second kappa shape index (κ2) is 5.77. The summed E-state index contributed by atoms with van der Waals surface area (Å²) in [5, 5.41) is 21.2. The number of rotatable bonds is 1. The molecule has 1 aromatic heterocycles. The summed E-state index contributed by atoms with van der Waals surface area (Å²) in [6.07, 6.45) is 1.49. The maximum atomic E-state index is 12.4. The van der Waals surface area contributed by atoms with Crippen molar-refractivity contribution < 1.29 is 29.4 Å². The minimum absolute atomic E-state index is 0.241. The van der Waals surface area contributed by atoms with Crippen molar-refractivity contribution in [2.24, 2.45) is 0 Å². The van der Waals surface area contributed by atoms with E-state index in [1.807, 2.05) is 0 Å². The molecule has 1 fully saturated rings. The quantitative estimate of drug-likeness (QED) is 0.403. The molecule has 0 aliphatic carbocycles. The Hall–Kier alpha value is -3.09. The molecule has 0 bridgehead atoms. The zero-order chi connectivity index (χ0) is 17.6. The molecule has 2 aromatic carbocycles. The molecule has 1 amide bonds. The van der Waals surface area contributed by atoms with Crippen molar-refractivity contribution in [2.75, 3.05) is 13.1 Å². The van der Waals surface area contributed by atoms with Crippen LogP contribution in [-0.2, 0) is 0 Å². The van der Waals surface area contributed by atoms with E-state index in [0.29, 0.717) is 35.2 Å². The van der Waals surface area contributed by atoms with E-state index >= 15 is 0 Å². The van der Waals surface area contributed by atoms with Crippen LogP contribution in [0, 0.1) is 6.92 Å². The Kier molecular flexibility index (Phi) is 3.56. The van der Waals surface area contributed by atoms with E-state index in [0.717, 1.165) is 22.3 Å². The van der Waals surface area contributed by atoms with Crippen molar-refractivity contribution >= 4 is 28.2 Å². The first kappa shape index (κ1) is 15.4. The van der Waals surface area contributed by atoms with Crippen LogP contribution in [0.5, 0.6) is 5.75 Å². The Labute approximate surface area is 143 Å². The number of hydrogen-bond donors (Lipinski definition) is 2. The molecule has 128 valence electrons. The van der Waals surface area contributed by atoms with Crippen molar-refractivity contribution in [2.45, 2.75) is 19.8 Å². The third-order valence-electron chi connectivity index (χ3n) is 4.64. The molecule has 1 saturated heterocycles. The fraction of sp³-hybridized carbons (Fsp3) is 0.278. The van der Waals surface area contributed by atoms with Crippen LogP contribution in [0.1, 0.15) is 18.4 Å². The van der Waals surface area contributed by atoms with E-state index in [4.69, 9.17) is 4.74 Å². The number of likely N-dealkylation sites (tertiary alicyclic amines) is 1. The SMILES string of the molecule is Cc1ccc2c(c1OC(=O)N1CCCC1)[n+](O)c1ccccc1[n+]2O. The third-order valence-corrected chi connectivity index (χ3v) is 4.64. The maximum absolute atomic E-state index is 12.4. The summed E-state index contributed by atoms with van der Waals surface area (Å²) in [7, 11) is 0. The van der Waals surface area contributed by atoms with Crippen molar-refractivity contribution in [1.29, 1.82) is 0 Å². The van der Waals surface area contributed by atoms with Crippen LogP contribution in [0.25, 0.3) is 22.1 Å². The van der Waals surface area contributed by atoms with Gasteiger partial charge >= 0.3 is 28.2 Å². The van der Waals surface area contributed by atoms with Gasteiger partial charge in [-0.1, -0.05) is 12.1 Å². The maximum Gasteiger partial charge on any atom is 0.415 e. The minimum Gasteiger partial charge on any atom is -0.402 e. The molecule has 2 N–H and O–H groups in total. The number of para-hydroxylation sites is 2. The average Bonchev–Trinajstić information content (AvgIpc) is 3.16. The van der Waals surface area contributed by atoms with E-state index in [9.17, 15) is 15.2 Å². The van der Waals surface area contributed by atoms with Gasteiger partial charge in [0.2, 0.25) is 5.75 Å². The van der Waals surface area contributed by atoms with Gasteiger partial charge in [0.25, 0.3) is 0 Å². The lowest BCUT2D eigenvalue weighted by atomic mass is 10.1. The van der Waals surface area contributed by atoms with Crippen molar-refractivity contribution in [3.63, 3.8) is 0 Å². The highest BCUT2D eigenvalue weighted by molar-refractivity contribution is 5.84. The summed E-state index contributed by atoms with van der Waals surface area (Å²) in [4.78, 5) is 14.1. The third kappa shape index (κ3) is 2.39. The van der Waals surface area contributed by atoms with Gasteiger partial charge in [0, 0.05) is 40.7 Å². The number of fused-ring (bicyclic) bond motifs is 2. The number of aryl methyl sites for hydroxylation is 1. The number of hydrogen-bond acceptors (Lipinski definition) is 4. The number of aromatic nitrogens is 2. The minimum atomic E-state index is -0.439. The molecule has 7 nitrogen and oxygen atoms in total. The van der Waals surface area contributed by atoms with Crippen molar-refractivity contribution in [1.82, 2.24) is 4.90 Å². The summed E-state index contributed by atoms with van der Waals surface area (Å²) in [5.41, 5.74) is 2.13. The topological polar surface area (TPSA) is 77.8 Å². The van der Waals surface area contributed by atoms with E-state index in [-0.39, 0.29) is 11.3 Å². The molecule has 4 rings (SSSR count). The standard InChI is InChI=1S/C18H19N3O4/c1-12-8-9-15-16(17(12)25-18(22)19-10-4-5-11-19)21(24)14-7-3-2-6-13(14)20(15)23/h2-3,6-9,23-24H,4-5,10-11H2,1H3/q+2. The molecular weight excluding hydrogens is 322 g/mol. The number of benzene rings is 2. The molecule has 7 heteroatoms. The van der Waals surface area contributed by atoms with Crippen molar-refractivity contribution in [3.05, 3.63) is 42.0 Å². The van der Waals surface area contributed by atoms with Crippen LogP contribution < -0.4 is 14.2 Å². The summed E-state index contributed by atoms with van der Waals surface area (Å²) in [5.74, 6) is 0.241. The smallest absolute Gasteiger partial charge is 0.402 e. The number of nitrogens with zero attached hydrogens (tertiary/aromatic N) is 3. The first-order valence-electron chi connectivity index (χ1n) is 8.25. The Balaban J connectivity index is 1.94. The van der Waals surface area contributed by atoms with Gasteiger partial charge in [-0.2, -0.15) is 0 Å². The zero-order valence-electron chi connectivity index (χ0n) is 13.8. The van der Waals surface area contributed by atoms with Gasteiger partial charge in [0.15, 0.2) is 0 Å². The molecule has 0 unspecified atom stereocenters. The van der Waals surface area contributed by atoms with Gasteiger partial charge in [0.05, 0.1) is 0 Å². The molecule has 3 aromatic rings. The molecular formula is C18H19N3O4+2. The highest BCUT2D eigenvalue weighted by Gasteiger charge is 2.34. The summed E-state index contributed by atoms with van der Waals surface area (Å²) >= 11 is 0. The number of carbonyl (C=O) groups excluding carboxylic acids is 1. The fourth-order valence-corrected chi connectivity index (χ4v) is 3.29. The van der Waals surface area contributed by atoms with Crippen LogP contribution in [0.2, 0.25) is 0 Å². The van der Waals surface area contributed by atoms with E-state index in [1.165, 1.54) is 0 Å². The van der Waals surface area contributed by atoms with Gasteiger partial charge in [-0.05, 0) is 31.4 Å². The molecule has 0 atom stereocenters. The normalized spacial score (nSPS) is 14.4. The summed E-state index contributed by atoms with van der Waals surface area (Å²) in [6, 6.07) is 10.3. The molecule has 0 radical (unpaired) electrons. The zero-order valence-corrected chi connectivity index (χ0v) is 13.8. The van der Waals surface area contributed by atoms with Crippen molar-refractivity contribution in [3.8, 4) is 5.75 Å². The first-order chi connectivity index (χ1) is 12.1. The lowest BCUT2D eigenvalue weighted by Crippen LogP contribution is -2.43. The van der Waals surface area contributed by atoms with Gasteiger partial charge in [-0.15, -0.1) is 0 Å². The predicted molar refractivity (Wildman–Crippen MR) is 87.8 cm³/mol. The number of amides is 1. The van der Waals surface area contributed by atoms with Gasteiger partial charge in [-0.3, -0.25) is 10.4 Å². The lowest BCUT2D eigenvalue weighted by molar-refractivity contribution is -0.894. The molecule has 25 heavy (non-hydrogen) atoms. The Morgan fingerprint density at radius 1 is 1.00 bits per heavy atom. The molecule has 1 aliphatic heterocycles. The van der Waals surface area contributed by atoms with E-state index in [1.54, 1.807) is 48.2 Å². The van der Waals surface area contributed by atoms with E-state index in [2.05, 4.69) is 0 Å². The van der Waals surface area contributed by atoms with Crippen LogP contribution in [0.15, 0.2) is 36.4 Å². The molecule has 1 aliphatic rings. The highest BCUT2D eigenvalue weighted by atomic mass is 16.6. The Morgan fingerprint density at radius 3 is 2.32 bits per heavy atom. The lowest BCUT2D eigenvalue weighted by Gasteiger charge is -2.15. The van der Waals surface area contributed by atoms with Gasteiger partial charge in [0.1, 0.15) is 0 Å². The van der Waals surface area contributed by atoms with Gasteiger partial charge in [-0.25, -0.2) is 4.79 Å². The number of ether oxygens (including phenoxy) is 1. The molecule has 0 spiro atoms. The van der Waals surface area contributed by atoms with E-state index < -0.39 is 6.09 Å². The largest absolute Gasteiger partial charge is 0.415 e.